The highest BCUT2D eigenvalue weighted by Crippen LogP contribution is 2.39. The summed E-state index contributed by atoms with van der Waals surface area (Å²) in [6, 6.07) is 0.386. The van der Waals surface area contributed by atoms with E-state index in [1.54, 1.807) is 0 Å². The van der Waals surface area contributed by atoms with Crippen LogP contribution in [0.3, 0.4) is 0 Å². The highest BCUT2D eigenvalue weighted by molar-refractivity contribution is 6.01. The van der Waals surface area contributed by atoms with Crippen LogP contribution in [0.25, 0.3) is 0 Å². The summed E-state index contributed by atoms with van der Waals surface area (Å²) in [5.41, 5.74) is 4.00. The Balaban J connectivity index is 0.00000280. The Hall–Kier alpha value is -1.33. The third-order valence-corrected chi connectivity index (χ3v) is 5.91. The number of hydrogen-bond donors (Lipinski definition) is 2. The number of carbonyl (C=O) groups excluding carboxylic acids is 2. The van der Waals surface area contributed by atoms with E-state index in [1.807, 2.05) is 0 Å². The van der Waals surface area contributed by atoms with Crippen molar-refractivity contribution in [3.8, 4) is 0 Å². The summed E-state index contributed by atoms with van der Waals surface area (Å²) in [5, 5.41) is 6.47. The van der Waals surface area contributed by atoms with Gasteiger partial charge in [-0.25, -0.2) is 0 Å². The zero-order valence-electron chi connectivity index (χ0n) is 18.0. The molecular formula is C22H36ClN3O2. The molecule has 1 saturated heterocycles. The molecule has 0 saturated carbocycles. The molecule has 158 valence electrons. The van der Waals surface area contributed by atoms with Crippen LogP contribution in [-0.4, -0.2) is 35.4 Å². The Morgan fingerprint density at radius 2 is 2.04 bits per heavy atom. The van der Waals surface area contributed by atoms with Gasteiger partial charge in [0.05, 0.1) is 6.42 Å². The molecule has 0 aromatic carbocycles. The molecule has 3 rings (SSSR count). The van der Waals surface area contributed by atoms with E-state index in [0.29, 0.717) is 31.3 Å². The van der Waals surface area contributed by atoms with E-state index in [0.717, 1.165) is 48.4 Å². The number of amides is 1. The SMILES string of the molecule is Cc1c(CC(=O)NC[C@@H]2CCCN2)c2c(n1CC(C)C)CC(C)(C)CC2=O.Cl. The number of Topliss-reactive ketones (excluding diaryl/α,β-unsaturated/α-hetero) is 1. The summed E-state index contributed by atoms with van der Waals surface area (Å²) in [6.45, 7) is 13.4. The minimum Gasteiger partial charge on any atom is -0.354 e. The van der Waals surface area contributed by atoms with Crippen LogP contribution in [0.5, 0.6) is 0 Å². The van der Waals surface area contributed by atoms with Crippen molar-refractivity contribution < 1.29 is 9.59 Å². The first-order valence-electron chi connectivity index (χ1n) is 10.4. The van der Waals surface area contributed by atoms with E-state index >= 15 is 0 Å². The molecule has 1 aromatic heterocycles. The van der Waals surface area contributed by atoms with Gasteiger partial charge in [0.25, 0.3) is 0 Å². The Kier molecular flexibility index (Phi) is 7.38. The minimum atomic E-state index is -0.0166. The van der Waals surface area contributed by atoms with Gasteiger partial charge in [-0.05, 0) is 49.6 Å². The normalized spacial score (nSPS) is 20.8. The van der Waals surface area contributed by atoms with E-state index in [4.69, 9.17) is 0 Å². The summed E-state index contributed by atoms with van der Waals surface area (Å²) >= 11 is 0. The predicted octanol–water partition coefficient (Wildman–Crippen LogP) is 3.44. The number of halogens is 1. The van der Waals surface area contributed by atoms with Crippen molar-refractivity contribution in [2.45, 2.75) is 79.3 Å². The zero-order chi connectivity index (χ0) is 19.8. The number of ketones is 1. The molecule has 2 heterocycles. The van der Waals surface area contributed by atoms with Crippen molar-refractivity contribution in [1.29, 1.82) is 0 Å². The van der Waals surface area contributed by atoms with Gasteiger partial charge in [-0.3, -0.25) is 9.59 Å². The fourth-order valence-electron chi connectivity index (χ4n) is 4.63. The summed E-state index contributed by atoms with van der Waals surface area (Å²) in [5.74, 6) is 0.719. The van der Waals surface area contributed by atoms with Gasteiger partial charge in [0.15, 0.2) is 5.78 Å². The number of hydrogen-bond acceptors (Lipinski definition) is 3. The van der Waals surface area contributed by atoms with Gasteiger partial charge in [0, 0.05) is 42.5 Å². The maximum absolute atomic E-state index is 13.0. The highest BCUT2D eigenvalue weighted by atomic mass is 35.5. The summed E-state index contributed by atoms with van der Waals surface area (Å²) in [4.78, 5) is 25.6. The molecule has 0 spiro atoms. The first kappa shape index (κ1) is 23.0. The lowest BCUT2D eigenvalue weighted by Crippen LogP contribution is -2.38. The molecule has 2 aliphatic rings. The summed E-state index contributed by atoms with van der Waals surface area (Å²) in [6.07, 6.45) is 4.06. The number of aromatic nitrogens is 1. The fourth-order valence-corrected chi connectivity index (χ4v) is 4.63. The van der Waals surface area contributed by atoms with Gasteiger partial charge in [-0.2, -0.15) is 0 Å². The Bertz CT molecular complexity index is 731. The van der Waals surface area contributed by atoms with Crippen LogP contribution in [-0.2, 0) is 24.2 Å². The van der Waals surface area contributed by atoms with Crippen LogP contribution >= 0.6 is 12.4 Å². The molecule has 1 aromatic rings. The summed E-state index contributed by atoms with van der Waals surface area (Å²) in [7, 11) is 0. The Morgan fingerprint density at radius 3 is 2.64 bits per heavy atom. The third-order valence-electron chi connectivity index (χ3n) is 5.91. The van der Waals surface area contributed by atoms with Crippen molar-refractivity contribution in [2.75, 3.05) is 13.1 Å². The molecule has 5 nitrogen and oxygen atoms in total. The monoisotopic (exact) mass is 409 g/mol. The number of rotatable bonds is 6. The van der Waals surface area contributed by atoms with Gasteiger partial charge in [-0.15, -0.1) is 12.4 Å². The van der Waals surface area contributed by atoms with E-state index in [2.05, 4.69) is 49.8 Å². The number of nitrogens with one attached hydrogen (secondary N) is 2. The van der Waals surface area contributed by atoms with Gasteiger partial charge >= 0.3 is 0 Å². The molecule has 1 atom stereocenters. The topological polar surface area (TPSA) is 63.1 Å². The molecule has 1 amide bonds. The maximum Gasteiger partial charge on any atom is 0.224 e. The molecular weight excluding hydrogens is 374 g/mol. The Morgan fingerprint density at radius 1 is 1.32 bits per heavy atom. The molecule has 1 aliphatic carbocycles. The molecule has 0 radical (unpaired) electrons. The second-order valence-electron chi connectivity index (χ2n) is 9.61. The van der Waals surface area contributed by atoms with E-state index < -0.39 is 0 Å². The number of fused-ring (bicyclic) bond motifs is 1. The fraction of sp³-hybridized carbons (Fsp3) is 0.727. The van der Waals surface area contributed by atoms with Gasteiger partial charge in [-0.1, -0.05) is 27.7 Å². The van der Waals surface area contributed by atoms with Gasteiger partial charge in [0.1, 0.15) is 0 Å². The molecule has 2 N–H and O–H groups in total. The van der Waals surface area contributed by atoms with Crippen LogP contribution < -0.4 is 10.6 Å². The van der Waals surface area contributed by atoms with Crippen LogP contribution in [0.1, 0.15) is 74.3 Å². The molecule has 0 bridgehead atoms. The molecule has 28 heavy (non-hydrogen) atoms. The maximum atomic E-state index is 13.0. The van der Waals surface area contributed by atoms with Gasteiger partial charge in [0.2, 0.25) is 5.91 Å². The van der Waals surface area contributed by atoms with Crippen LogP contribution in [0.15, 0.2) is 0 Å². The highest BCUT2D eigenvalue weighted by Gasteiger charge is 2.37. The second-order valence-corrected chi connectivity index (χ2v) is 9.61. The van der Waals surface area contributed by atoms with E-state index in [1.165, 1.54) is 6.42 Å². The number of nitrogens with zero attached hydrogens (tertiary/aromatic N) is 1. The molecule has 1 aliphatic heterocycles. The molecule has 1 fully saturated rings. The summed E-state index contributed by atoms with van der Waals surface area (Å²) < 4.78 is 2.31. The van der Waals surface area contributed by atoms with Gasteiger partial charge < -0.3 is 15.2 Å². The van der Waals surface area contributed by atoms with E-state index in [9.17, 15) is 9.59 Å². The van der Waals surface area contributed by atoms with Crippen molar-refractivity contribution in [3.63, 3.8) is 0 Å². The van der Waals surface area contributed by atoms with Crippen molar-refractivity contribution in [1.82, 2.24) is 15.2 Å². The van der Waals surface area contributed by atoms with E-state index in [-0.39, 0.29) is 29.5 Å². The number of carbonyl (C=O) groups is 2. The lowest BCUT2D eigenvalue weighted by Gasteiger charge is -2.30. The molecule has 6 heteroatoms. The first-order valence-corrected chi connectivity index (χ1v) is 10.4. The smallest absolute Gasteiger partial charge is 0.224 e. The van der Waals surface area contributed by atoms with Crippen LogP contribution in [0.4, 0.5) is 0 Å². The largest absolute Gasteiger partial charge is 0.354 e. The Labute approximate surface area is 175 Å². The third kappa shape index (κ3) is 4.98. The van der Waals surface area contributed by atoms with Crippen LogP contribution in [0, 0.1) is 18.3 Å². The predicted molar refractivity (Wildman–Crippen MR) is 115 cm³/mol. The van der Waals surface area contributed by atoms with Crippen LogP contribution in [0.2, 0.25) is 0 Å². The van der Waals surface area contributed by atoms with Crippen molar-refractivity contribution in [2.24, 2.45) is 11.3 Å². The quantitative estimate of drug-likeness (QED) is 0.756. The minimum absolute atomic E-state index is 0. The van der Waals surface area contributed by atoms with Crippen molar-refractivity contribution in [3.05, 3.63) is 22.5 Å². The molecule has 0 unspecified atom stereocenters. The average Bonchev–Trinajstić information content (AvgIpc) is 3.14. The lowest BCUT2D eigenvalue weighted by atomic mass is 9.75. The first-order chi connectivity index (χ1) is 12.7. The van der Waals surface area contributed by atoms with Crippen molar-refractivity contribution >= 4 is 24.1 Å². The zero-order valence-corrected chi connectivity index (χ0v) is 18.8. The average molecular weight is 410 g/mol. The second kappa shape index (κ2) is 9.00. The standard InChI is InChI=1S/C22H35N3O2.ClH/c1-14(2)13-25-15(3)17(9-20(27)24-12-16-7-6-8-23-16)21-18(25)10-22(4,5)11-19(21)26;/h14,16,23H,6-13H2,1-5H3,(H,24,27);1H/t16-;/m0./s1. The lowest BCUT2D eigenvalue weighted by molar-refractivity contribution is -0.120.